The Hall–Kier alpha value is -3.66. The fourth-order valence-corrected chi connectivity index (χ4v) is 4.48. The molecular weight excluding hydrogens is 370 g/mol. The molecule has 4 nitrogen and oxygen atoms in total. The maximum absolute atomic E-state index is 12.4. The first kappa shape index (κ1) is 18.4. The normalized spacial score (nSPS) is 21.7. The Morgan fingerprint density at radius 2 is 1.73 bits per heavy atom. The third-order valence-electron chi connectivity index (χ3n) is 5.98. The van der Waals surface area contributed by atoms with Crippen LogP contribution in [0.4, 0.5) is 5.69 Å². The topological polar surface area (TPSA) is 53.5 Å². The van der Waals surface area contributed by atoms with E-state index in [4.69, 9.17) is 0 Å². The SMILES string of the molecule is O=C(NN=Cc1ccccc1)c1ccc([C@@H]2Nc3ccccc3[C@@H]3C=CC[C@@H]32)cc1. The summed E-state index contributed by atoms with van der Waals surface area (Å²) in [6.07, 6.45) is 7.33. The van der Waals surface area contributed by atoms with E-state index in [-0.39, 0.29) is 11.9 Å². The highest BCUT2D eigenvalue weighted by atomic mass is 16.2. The molecule has 3 aromatic carbocycles. The molecule has 30 heavy (non-hydrogen) atoms. The van der Waals surface area contributed by atoms with Gasteiger partial charge in [-0.1, -0.05) is 72.8 Å². The summed E-state index contributed by atoms with van der Waals surface area (Å²) in [6, 6.07) is 26.3. The van der Waals surface area contributed by atoms with Gasteiger partial charge in [0.15, 0.2) is 0 Å². The van der Waals surface area contributed by atoms with Crippen LogP contribution >= 0.6 is 0 Å². The second-order valence-electron chi connectivity index (χ2n) is 7.79. The molecule has 0 spiro atoms. The van der Waals surface area contributed by atoms with Gasteiger partial charge in [0.05, 0.1) is 12.3 Å². The Morgan fingerprint density at radius 1 is 0.967 bits per heavy atom. The van der Waals surface area contributed by atoms with Crippen molar-refractivity contribution in [2.24, 2.45) is 11.0 Å². The Labute approximate surface area is 176 Å². The maximum atomic E-state index is 12.4. The fraction of sp³-hybridized carbons (Fsp3) is 0.154. The number of allylic oxidation sites excluding steroid dienone is 2. The fourth-order valence-electron chi connectivity index (χ4n) is 4.48. The minimum Gasteiger partial charge on any atom is -0.378 e. The molecule has 0 bridgehead atoms. The molecule has 1 aliphatic heterocycles. The summed E-state index contributed by atoms with van der Waals surface area (Å²) < 4.78 is 0. The Morgan fingerprint density at radius 3 is 2.57 bits per heavy atom. The van der Waals surface area contributed by atoms with E-state index in [1.165, 1.54) is 16.8 Å². The number of anilines is 1. The highest BCUT2D eigenvalue weighted by Crippen LogP contribution is 2.49. The molecule has 3 aromatic rings. The van der Waals surface area contributed by atoms with Gasteiger partial charge in [-0.3, -0.25) is 4.79 Å². The highest BCUT2D eigenvalue weighted by Gasteiger charge is 2.37. The van der Waals surface area contributed by atoms with Gasteiger partial charge >= 0.3 is 0 Å². The third kappa shape index (κ3) is 3.52. The number of amides is 1. The summed E-state index contributed by atoms with van der Waals surface area (Å²) in [5.41, 5.74) is 7.92. The van der Waals surface area contributed by atoms with E-state index in [0.717, 1.165) is 12.0 Å². The molecule has 4 heteroatoms. The van der Waals surface area contributed by atoms with E-state index < -0.39 is 0 Å². The number of nitrogens with one attached hydrogen (secondary N) is 2. The molecule has 1 aliphatic carbocycles. The molecule has 0 saturated carbocycles. The number of nitrogens with zero attached hydrogens (tertiary/aromatic N) is 1. The van der Waals surface area contributed by atoms with Crippen LogP contribution in [-0.4, -0.2) is 12.1 Å². The van der Waals surface area contributed by atoms with E-state index in [0.29, 0.717) is 17.4 Å². The zero-order chi connectivity index (χ0) is 20.3. The first-order chi connectivity index (χ1) is 14.8. The van der Waals surface area contributed by atoms with E-state index in [1.54, 1.807) is 6.21 Å². The first-order valence-electron chi connectivity index (χ1n) is 10.3. The zero-order valence-corrected chi connectivity index (χ0v) is 16.5. The minimum absolute atomic E-state index is 0.212. The second-order valence-corrected chi connectivity index (χ2v) is 7.79. The lowest BCUT2D eigenvalue weighted by molar-refractivity contribution is 0.0955. The van der Waals surface area contributed by atoms with Crippen molar-refractivity contribution in [3.05, 3.63) is 113 Å². The summed E-state index contributed by atoms with van der Waals surface area (Å²) in [4.78, 5) is 12.4. The van der Waals surface area contributed by atoms with E-state index in [1.807, 2.05) is 42.5 Å². The van der Waals surface area contributed by atoms with Crippen LogP contribution in [0, 0.1) is 5.92 Å². The quantitative estimate of drug-likeness (QED) is 0.360. The van der Waals surface area contributed by atoms with Gasteiger partial charge in [-0.2, -0.15) is 5.10 Å². The van der Waals surface area contributed by atoms with Crippen molar-refractivity contribution in [3.8, 4) is 0 Å². The largest absolute Gasteiger partial charge is 0.378 e. The molecule has 0 unspecified atom stereocenters. The molecule has 0 aromatic heterocycles. The summed E-state index contributed by atoms with van der Waals surface area (Å²) in [5, 5.41) is 7.78. The van der Waals surface area contributed by atoms with Crippen molar-refractivity contribution in [1.82, 2.24) is 5.43 Å². The molecule has 5 rings (SSSR count). The number of hydrogen-bond acceptors (Lipinski definition) is 3. The molecule has 0 saturated heterocycles. The van der Waals surface area contributed by atoms with Gasteiger partial charge in [0, 0.05) is 17.2 Å². The standard InChI is InChI=1S/C26H23N3O/c30-26(29-27-17-18-7-2-1-3-8-18)20-15-13-19(14-16-20)25-23-11-6-10-21(23)22-9-4-5-12-24(22)28-25/h1-10,12-17,21,23,25,28H,11H2,(H,29,30)/t21-,23-,25-/m0/s1. The number of benzene rings is 3. The minimum atomic E-state index is -0.212. The predicted octanol–water partition coefficient (Wildman–Crippen LogP) is 5.28. The van der Waals surface area contributed by atoms with Crippen LogP contribution < -0.4 is 10.7 Å². The van der Waals surface area contributed by atoms with Gasteiger partial charge < -0.3 is 5.32 Å². The summed E-state index contributed by atoms with van der Waals surface area (Å²) >= 11 is 0. The van der Waals surface area contributed by atoms with Crippen LogP contribution in [-0.2, 0) is 0 Å². The monoisotopic (exact) mass is 393 g/mol. The van der Waals surface area contributed by atoms with E-state index >= 15 is 0 Å². The van der Waals surface area contributed by atoms with Gasteiger partial charge in [0.1, 0.15) is 0 Å². The summed E-state index contributed by atoms with van der Waals surface area (Å²) in [5.74, 6) is 0.730. The Balaban J connectivity index is 1.30. The lowest BCUT2D eigenvalue weighted by Gasteiger charge is -2.37. The molecule has 2 aliphatic rings. The van der Waals surface area contributed by atoms with Gasteiger partial charge in [-0.15, -0.1) is 0 Å². The van der Waals surface area contributed by atoms with E-state index in [9.17, 15) is 4.79 Å². The molecule has 148 valence electrons. The van der Waals surface area contributed by atoms with Crippen molar-refractivity contribution >= 4 is 17.8 Å². The molecule has 3 atom stereocenters. The molecule has 1 amide bonds. The molecule has 2 N–H and O–H groups in total. The van der Waals surface area contributed by atoms with Gasteiger partial charge in [-0.25, -0.2) is 5.43 Å². The number of fused-ring (bicyclic) bond motifs is 3. The van der Waals surface area contributed by atoms with E-state index in [2.05, 4.69) is 64.4 Å². The number of carbonyl (C=O) groups is 1. The number of hydrazone groups is 1. The van der Waals surface area contributed by atoms with Crippen molar-refractivity contribution in [3.63, 3.8) is 0 Å². The Kier molecular flexibility index (Phi) is 4.89. The van der Waals surface area contributed by atoms with Crippen LogP contribution in [0.3, 0.4) is 0 Å². The van der Waals surface area contributed by atoms with Crippen molar-refractivity contribution in [1.29, 1.82) is 0 Å². The van der Waals surface area contributed by atoms with Crippen molar-refractivity contribution in [2.75, 3.05) is 5.32 Å². The van der Waals surface area contributed by atoms with Gasteiger partial charge in [0.2, 0.25) is 0 Å². The van der Waals surface area contributed by atoms with Crippen LogP contribution in [0.5, 0.6) is 0 Å². The summed E-state index contributed by atoms with van der Waals surface area (Å²) in [6.45, 7) is 0. The average Bonchev–Trinajstić information content (AvgIpc) is 3.30. The number of carbonyl (C=O) groups excluding carboxylic acids is 1. The third-order valence-corrected chi connectivity index (χ3v) is 5.98. The van der Waals surface area contributed by atoms with Crippen LogP contribution in [0.25, 0.3) is 0 Å². The summed E-state index contributed by atoms with van der Waals surface area (Å²) in [7, 11) is 0. The van der Waals surface area contributed by atoms with Crippen molar-refractivity contribution in [2.45, 2.75) is 18.4 Å². The number of rotatable bonds is 4. The highest BCUT2D eigenvalue weighted by molar-refractivity contribution is 5.94. The smallest absolute Gasteiger partial charge is 0.271 e. The maximum Gasteiger partial charge on any atom is 0.271 e. The number of hydrogen-bond donors (Lipinski definition) is 2. The van der Waals surface area contributed by atoms with Crippen LogP contribution in [0.2, 0.25) is 0 Å². The zero-order valence-electron chi connectivity index (χ0n) is 16.5. The van der Waals surface area contributed by atoms with Crippen molar-refractivity contribution < 1.29 is 4.79 Å². The predicted molar refractivity (Wildman–Crippen MR) is 121 cm³/mol. The number of para-hydroxylation sites is 1. The molecule has 0 radical (unpaired) electrons. The first-order valence-corrected chi connectivity index (χ1v) is 10.3. The lowest BCUT2D eigenvalue weighted by Crippen LogP contribution is -2.29. The second kappa shape index (κ2) is 7.99. The van der Waals surface area contributed by atoms with Gasteiger partial charge in [-0.05, 0) is 47.2 Å². The molecule has 1 heterocycles. The molecular formula is C26H23N3O. The average molecular weight is 393 g/mol. The molecule has 0 fully saturated rings. The van der Waals surface area contributed by atoms with Crippen LogP contribution in [0.1, 0.15) is 45.4 Å². The van der Waals surface area contributed by atoms with Gasteiger partial charge in [0.25, 0.3) is 5.91 Å². The van der Waals surface area contributed by atoms with Crippen LogP contribution in [0.15, 0.2) is 96.1 Å². The Bertz CT molecular complexity index is 1100. The lowest BCUT2D eigenvalue weighted by atomic mass is 9.77.